The summed E-state index contributed by atoms with van der Waals surface area (Å²) in [7, 11) is 0. The molecule has 3 nitrogen and oxygen atoms in total. The van der Waals surface area contributed by atoms with Crippen molar-refractivity contribution in [2.24, 2.45) is 0 Å². The van der Waals surface area contributed by atoms with Crippen LogP contribution < -0.4 is 5.32 Å². The van der Waals surface area contributed by atoms with Gasteiger partial charge in [-0.15, -0.1) is 0 Å². The number of hydrogen-bond donors (Lipinski definition) is 2. The molecule has 2 rings (SSSR count). The molecule has 1 aliphatic carbocycles. The zero-order chi connectivity index (χ0) is 11.7. The van der Waals surface area contributed by atoms with Crippen LogP contribution in [0.2, 0.25) is 0 Å². The minimum atomic E-state index is -1.20. The molecule has 16 heavy (non-hydrogen) atoms. The Morgan fingerprint density at radius 1 is 1.44 bits per heavy atom. The number of rotatable bonds is 4. The molecule has 0 amide bonds. The molecule has 86 valence electrons. The van der Waals surface area contributed by atoms with Crippen molar-refractivity contribution < 1.29 is 18.7 Å². The van der Waals surface area contributed by atoms with E-state index >= 15 is 0 Å². The molecule has 0 saturated heterocycles. The summed E-state index contributed by atoms with van der Waals surface area (Å²) in [5.74, 6) is -3.32. The first kappa shape index (κ1) is 11.0. The Morgan fingerprint density at radius 3 is 2.69 bits per heavy atom. The van der Waals surface area contributed by atoms with Crippen molar-refractivity contribution in [2.75, 3.05) is 0 Å². The van der Waals surface area contributed by atoms with E-state index in [-0.39, 0.29) is 11.6 Å². The number of nitrogens with one attached hydrogen (secondary N) is 1. The molecule has 1 atom stereocenters. The predicted octanol–water partition coefficient (Wildman–Crippen LogP) is 1.84. The third kappa shape index (κ3) is 2.19. The second-order valence-corrected chi connectivity index (χ2v) is 3.86. The first-order chi connectivity index (χ1) is 7.59. The quantitative estimate of drug-likeness (QED) is 0.825. The fourth-order valence-electron chi connectivity index (χ4n) is 1.52. The van der Waals surface area contributed by atoms with Crippen molar-refractivity contribution in [3.8, 4) is 0 Å². The van der Waals surface area contributed by atoms with E-state index < -0.39 is 23.6 Å². The molecule has 0 heterocycles. The molecule has 0 radical (unpaired) electrons. The minimum absolute atomic E-state index is 0.101. The molecule has 5 heteroatoms. The smallest absolute Gasteiger partial charge is 0.325 e. The highest BCUT2D eigenvalue weighted by atomic mass is 19.2. The molecule has 1 aliphatic rings. The summed E-state index contributed by atoms with van der Waals surface area (Å²) in [6.07, 6.45) is 1.75. The summed E-state index contributed by atoms with van der Waals surface area (Å²) in [5.41, 5.74) is -0.153. The summed E-state index contributed by atoms with van der Waals surface area (Å²) in [5, 5.41) is 11.7. The summed E-state index contributed by atoms with van der Waals surface area (Å²) in [6.45, 7) is 0. The topological polar surface area (TPSA) is 49.3 Å². The lowest BCUT2D eigenvalue weighted by molar-refractivity contribution is -0.139. The second-order valence-electron chi connectivity index (χ2n) is 3.86. The highest BCUT2D eigenvalue weighted by Gasteiger charge is 2.31. The van der Waals surface area contributed by atoms with Gasteiger partial charge in [0.15, 0.2) is 11.6 Å². The van der Waals surface area contributed by atoms with E-state index in [1.165, 1.54) is 12.1 Å². The molecule has 1 aromatic carbocycles. The molecule has 0 aliphatic heterocycles. The number of carboxylic acids is 1. The van der Waals surface area contributed by atoms with Crippen molar-refractivity contribution >= 4 is 5.97 Å². The maximum Gasteiger partial charge on any atom is 0.325 e. The largest absolute Gasteiger partial charge is 0.480 e. The number of carbonyl (C=O) groups is 1. The SMILES string of the molecule is O=C(O)C(NC1CC1)c1cccc(F)c1F. The van der Waals surface area contributed by atoms with Crippen LogP contribution in [0.1, 0.15) is 24.4 Å². The molecule has 2 N–H and O–H groups in total. The Labute approximate surface area is 91.1 Å². The maximum atomic E-state index is 13.4. The normalized spacial score (nSPS) is 17.1. The molecule has 1 aromatic rings. The van der Waals surface area contributed by atoms with Crippen LogP contribution in [-0.2, 0) is 4.79 Å². The van der Waals surface area contributed by atoms with E-state index in [1.807, 2.05) is 0 Å². The van der Waals surface area contributed by atoms with Gasteiger partial charge in [-0.05, 0) is 18.9 Å². The number of aliphatic carboxylic acids is 1. The van der Waals surface area contributed by atoms with Gasteiger partial charge in [-0.1, -0.05) is 12.1 Å². The lowest BCUT2D eigenvalue weighted by Gasteiger charge is -2.15. The predicted molar refractivity (Wildman–Crippen MR) is 52.9 cm³/mol. The second kappa shape index (κ2) is 4.17. The number of benzene rings is 1. The molecular weight excluding hydrogens is 216 g/mol. The highest BCUT2D eigenvalue weighted by molar-refractivity contribution is 5.75. The maximum absolute atomic E-state index is 13.4. The summed E-state index contributed by atoms with van der Waals surface area (Å²) in [6, 6.07) is 2.48. The van der Waals surface area contributed by atoms with Gasteiger partial charge >= 0.3 is 5.97 Å². The Morgan fingerprint density at radius 2 is 2.12 bits per heavy atom. The molecule has 0 aromatic heterocycles. The van der Waals surface area contributed by atoms with Gasteiger partial charge in [0, 0.05) is 11.6 Å². The van der Waals surface area contributed by atoms with Gasteiger partial charge in [0.05, 0.1) is 0 Å². The molecular formula is C11H11F2NO2. The van der Waals surface area contributed by atoms with Crippen molar-refractivity contribution in [3.63, 3.8) is 0 Å². The molecule has 1 fully saturated rings. The van der Waals surface area contributed by atoms with Crippen LogP contribution in [0.3, 0.4) is 0 Å². The summed E-state index contributed by atoms with van der Waals surface area (Å²) < 4.78 is 26.4. The molecule has 0 bridgehead atoms. The average molecular weight is 227 g/mol. The first-order valence-electron chi connectivity index (χ1n) is 5.02. The van der Waals surface area contributed by atoms with Crippen LogP contribution in [0.4, 0.5) is 8.78 Å². The third-order valence-corrected chi connectivity index (χ3v) is 2.52. The lowest BCUT2D eigenvalue weighted by Crippen LogP contribution is -2.31. The number of halogens is 2. The minimum Gasteiger partial charge on any atom is -0.480 e. The molecule has 1 unspecified atom stereocenters. The Balaban J connectivity index is 2.29. The van der Waals surface area contributed by atoms with Crippen LogP contribution in [0.25, 0.3) is 0 Å². The van der Waals surface area contributed by atoms with Gasteiger partial charge in [0.1, 0.15) is 6.04 Å². The average Bonchev–Trinajstić information content (AvgIpc) is 3.03. The zero-order valence-electron chi connectivity index (χ0n) is 8.41. The zero-order valence-corrected chi connectivity index (χ0v) is 8.41. The van der Waals surface area contributed by atoms with E-state index in [2.05, 4.69) is 5.32 Å². The molecule has 1 saturated carbocycles. The van der Waals surface area contributed by atoms with Crippen LogP contribution >= 0.6 is 0 Å². The fraction of sp³-hybridized carbons (Fsp3) is 0.364. The number of hydrogen-bond acceptors (Lipinski definition) is 2. The van der Waals surface area contributed by atoms with Crippen molar-refractivity contribution in [2.45, 2.75) is 24.9 Å². The van der Waals surface area contributed by atoms with Gasteiger partial charge in [-0.3, -0.25) is 10.1 Å². The highest BCUT2D eigenvalue weighted by Crippen LogP contribution is 2.26. The lowest BCUT2D eigenvalue weighted by atomic mass is 10.1. The van der Waals surface area contributed by atoms with Crippen LogP contribution in [0, 0.1) is 11.6 Å². The van der Waals surface area contributed by atoms with Crippen molar-refractivity contribution in [1.29, 1.82) is 0 Å². The van der Waals surface area contributed by atoms with Crippen LogP contribution in [0.15, 0.2) is 18.2 Å². The third-order valence-electron chi connectivity index (χ3n) is 2.52. The van der Waals surface area contributed by atoms with E-state index in [4.69, 9.17) is 5.11 Å². The van der Waals surface area contributed by atoms with E-state index in [9.17, 15) is 13.6 Å². The van der Waals surface area contributed by atoms with Crippen LogP contribution in [0.5, 0.6) is 0 Å². The van der Waals surface area contributed by atoms with E-state index in [0.717, 1.165) is 18.9 Å². The van der Waals surface area contributed by atoms with E-state index in [1.54, 1.807) is 0 Å². The standard InChI is InChI=1S/C11H11F2NO2/c12-8-3-1-2-7(9(8)13)10(11(15)16)14-6-4-5-6/h1-3,6,10,14H,4-5H2,(H,15,16). The van der Waals surface area contributed by atoms with Crippen LogP contribution in [-0.4, -0.2) is 17.1 Å². The van der Waals surface area contributed by atoms with Crippen molar-refractivity contribution in [1.82, 2.24) is 5.32 Å². The number of carboxylic acid groups (broad SMARTS) is 1. The first-order valence-corrected chi connectivity index (χ1v) is 5.02. The monoisotopic (exact) mass is 227 g/mol. The van der Waals surface area contributed by atoms with Gasteiger partial charge in [-0.25, -0.2) is 8.78 Å². The van der Waals surface area contributed by atoms with Gasteiger partial charge in [0.25, 0.3) is 0 Å². The van der Waals surface area contributed by atoms with Gasteiger partial charge < -0.3 is 5.11 Å². The Hall–Kier alpha value is -1.49. The van der Waals surface area contributed by atoms with Gasteiger partial charge in [-0.2, -0.15) is 0 Å². The van der Waals surface area contributed by atoms with E-state index in [0.29, 0.717) is 0 Å². The summed E-state index contributed by atoms with van der Waals surface area (Å²) >= 11 is 0. The summed E-state index contributed by atoms with van der Waals surface area (Å²) in [4.78, 5) is 11.0. The van der Waals surface area contributed by atoms with Crippen molar-refractivity contribution in [3.05, 3.63) is 35.4 Å². The molecule has 0 spiro atoms. The Bertz CT molecular complexity index is 418. The Kier molecular flexibility index (Phi) is 2.87. The fourth-order valence-corrected chi connectivity index (χ4v) is 1.52. The van der Waals surface area contributed by atoms with Gasteiger partial charge in [0.2, 0.25) is 0 Å².